The Morgan fingerprint density at radius 1 is 1.19 bits per heavy atom. The average Bonchev–Trinajstić information content (AvgIpc) is 2.87. The minimum absolute atomic E-state index is 0.00493. The van der Waals surface area contributed by atoms with E-state index in [0.717, 1.165) is 18.2 Å². The normalized spacial score (nSPS) is 35.4. The molecule has 0 amide bonds. The van der Waals surface area contributed by atoms with Crippen molar-refractivity contribution in [2.45, 2.75) is 64.0 Å². The maximum atomic E-state index is 6.04. The fourth-order valence-corrected chi connectivity index (χ4v) is 2.49. The lowest BCUT2D eigenvalue weighted by molar-refractivity contribution is 0.00578. The molecule has 2 aliphatic rings. The predicted octanol–water partition coefficient (Wildman–Crippen LogP) is 3.49. The van der Waals surface area contributed by atoms with Crippen LogP contribution in [0.15, 0.2) is 0 Å². The van der Waals surface area contributed by atoms with Crippen LogP contribution in [0, 0.1) is 5.92 Å². The van der Waals surface area contributed by atoms with Gasteiger partial charge in [-0.2, -0.15) is 0 Å². The molecule has 0 aromatic rings. The van der Waals surface area contributed by atoms with Gasteiger partial charge in [0.1, 0.15) is 0 Å². The minimum atomic E-state index is -0.183. The molecule has 1 aliphatic heterocycles. The smallest absolute Gasteiger partial charge is 0.403 e. The van der Waals surface area contributed by atoms with E-state index < -0.39 is 0 Å². The van der Waals surface area contributed by atoms with Crippen molar-refractivity contribution in [3.8, 4) is 0 Å². The molecule has 0 aromatic heterocycles. The fourth-order valence-electron chi connectivity index (χ4n) is 2.34. The highest BCUT2D eigenvalue weighted by molar-refractivity contribution is 6.48. The van der Waals surface area contributed by atoms with Crippen molar-refractivity contribution in [2.24, 2.45) is 5.92 Å². The molecule has 0 bridgehead atoms. The van der Waals surface area contributed by atoms with Gasteiger partial charge in [0.2, 0.25) is 0 Å². The van der Waals surface area contributed by atoms with E-state index >= 15 is 0 Å². The van der Waals surface area contributed by atoms with Gasteiger partial charge in [-0.25, -0.2) is 0 Å². The van der Waals surface area contributed by atoms with Gasteiger partial charge in [-0.3, -0.25) is 0 Å². The molecule has 0 N–H and O–H groups in total. The van der Waals surface area contributed by atoms with Gasteiger partial charge in [-0.1, -0.05) is 0 Å². The van der Waals surface area contributed by atoms with E-state index in [1.165, 1.54) is 12.8 Å². The summed E-state index contributed by atoms with van der Waals surface area (Å²) in [5.74, 6) is 2.14. The summed E-state index contributed by atoms with van der Waals surface area (Å²) in [5, 5.41) is 0. The maximum absolute atomic E-state index is 6.04. The highest BCUT2D eigenvalue weighted by atomic mass is 35.5. The summed E-state index contributed by atoms with van der Waals surface area (Å²) in [5.41, 5.74) is -0.366. The van der Waals surface area contributed by atoms with Crippen LogP contribution in [-0.4, -0.2) is 24.2 Å². The Labute approximate surface area is 104 Å². The molecule has 4 heteroatoms. The van der Waals surface area contributed by atoms with Crippen LogP contribution >= 0.6 is 11.6 Å². The Morgan fingerprint density at radius 3 is 2.25 bits per heavy atom. The quantitative estimate of drug-likeness (QED) is 0.557. The molecular weight excluding hydrogens is 222 g/mol. The first-order valence-corrected chi connectivity index (χ1v) is 6.82. The van der Waals surface area contributed by atoms with E-state index in [-0.39, 0.29) is 18.3 Å². The number of hydrogen-bond donors (Lipinski definition) is 0. The van der Waals surface area contributed by atoms with Crippen LogP contribution in [0.5, 0.6) is 0 Å². The molecule has 0 unspecified atom stereocenters. The standard InChI is InChI=1S/C12H22BClO2/c1-11(2)12(3,4)16-13(15-11)10-8-9(10)6-5-7-14/h9-10H,5-8H2,1-4H3/t9-,10-/m1/s1. The van der Waals surface area contributed by atoms with Crippen LogP contribution in [-0.2, 0) is 9.31 Å². The van der Waals surface area contributed by atoms with Crippen LogP contribution in [0.4, 0.5) is 0 Å². The second-order valence-corrected chi connectivity index (χ2v) is 6.49. The first-order valence-electron chi connectivity index (χ1n) is 6.29. The van der Waals surface area contributed by atoms with E-state index in [2.05, 4.69) is 27.7 Å². The Morgan fingerprint density at radius 2 is 1.75 bits per heavy atom. The SMILES string of the molecule is CC1(C)OB([C@@H]2C[C@H]2CCCCl)OC1(C)C. The lowest BCUT2D eigenvalue weighted by Gasteiger charge is -2.32. The second-order valence-electron chi connectivity index (χ2n) is 6.12. The molecule has 2 nitrogen and oxygen atoms in total. The Kier molecular flexibility index (Phi) is 3.33. The van der Waals surface area contributed by atoms with Gasteiger partial charge in [0, 0.05) is 5.88 Å². The van der Waals surface area contributed by atoms with Crippen molar-refractivity contribution < 1.29 is 9.31 Å². The topological polar surface area (TPSA) is 18.5 Å². The summed E-state index contributed by atoms with van der Waals surface area (Å²) in [6.45, 7) is 8.46. The van der Waals surface area contributed by atoms with Crippen LogP contribution in [0.1, 0.15) is 47.0 Å². The van der Waals surface area contributed by atoms with Crippen LogP contribution < -0.4 is 0 Å². The summed E-state index contributed by atoms with van der Waals surface area (Å²) in [6.07, 6.45) is 3.58. The van der Waals surface area contributed by atoms with E-state index in [9.17, 15) is 0 Å². The summed E-state index contributed by atoms with van der Waals surface area (Å²) in [4.78, 5) is 0. The van der Waals surface area contributed by atoms with Crippen LogP contribution in [0.2, 0.25) is 5.82 Å². The molecule has 0 aromatic carbocycles. The minimum Gasteiger partial charge on any atom is -0.403 e. The number of hydrogen-bond acceptors (Lipinski definition) is 2. The van der Waals surface area contributed by atoms with E-state index in [1.54, 1.807) is 0 Å². The van der Waals surface area contributed by atoms with Gasteiger partial charge >= 0.3 is 7.12 Å². The van der Waals surface area contributed by atoms with Crippen LogP contribution in [0.3, 0.4) is 0 Å². The maximum Gasteiger partial charge on any atom is 0.461 e. The monoisotopic (exact) mass is 244 g/mol. The van der Waals surface area contributed by atoms with Gasteiger partial charge in [-0.15, -0.1) is 11.6 Å². The Hall–Kier alpha value is 0.275. The Bertz CT molecular complexity index is 252. The molecule has 1 saturated heterocycles. The highest BCUT2D eigenvalue weighted by Crippen LogP contribution is 2.54. The average molecular weight is 245 g/mol. The van der Waals surface area contributed by atoms with Crippen LogP contribution in [0.25, 0.3) is 0 Å². The van der Waals surface area contributed by atoms with E-state index in [0.29, 0.717) is 5.82 Å². The molecule has 2 fully saturated rings. The molecule has 0 spiro atoms. The van der Waals surface area contributed by atoms with Gasteiger partial charge in [-0.05, 0) is 58.7 Å². The van der Waals surface area contributed by atoms with Crippen molar-refractivity contribution in [1.82, 2.24) is 0 Å². The zero-order chi connectivity index (χ0) is 12.0. The third-order valence-corrected chi connectivity index (χ3v) is 4.57. The third kappa shape index (κ3) is 2.27. The van der Waals surface area contributed by atoms with Crippen molar-refractivity contribution in [2.75, 3.05) is 5.88 Å². The molecule has 1 aliphatic carbocycles. The summed E-state index contributed by atoms with van der Waals surface area (Å²) in [7, 11) is 0.00493. The first kappa shape index (κ1) is 12.7. The third-order valence-electron chi connectivity index (χ3n) is 4.31. The zero-order valence-electron chi connectivity index (χ0n) is 10.8. The van der Waals surface area contributed by atoms with Gasteiger partial charge < -0.3 is 9.31 Å². The molecule has 1 saturated carbocycles. The zero-order valence-corrected chi connectivity index (χ0v) is 11.5. The molecule has 2 atom stereocenters. The van der Waals surface area contributed by atoms with E-state index in [4.69, 9.17) is 20.9 Å². The molecular formula is C12H22BClO2. The van der Waals surface area contributed by atoms with Gasteiger partial charge in [0.15, 0.2) is 0 Å². The second kappa shape index (κ2) is 4.18. The molecule has 2 rings (SSSR count). The number of halogens is 1. The predicted molar refractivity (Wildman–Crippen MR) is 67.9 cm³/mol. The number of rotatable bonds is 4. The molecule has 1 heterocycles. The molecule has 0 radical (unpaired) electrons. The first-order chi connectivity index (χ1) is 7.37. The molecule has 16 heavy (non-hydrogen) atoms. The summed E-state index contributed by atoms with van der Waals surface area (Å²) >= 11 is 5.71. The van der Waals surface area contributed by atoms with Gasteiger partial charge in [0.05, 0.1) is 11.2 Å². The largest absolute Gasteiger partial charge is 0.461 e. The summed E-state index contributed by atoms with van der Waals surface area (Å²) < 4.78 is 12.1. The van der Waals surface area contributed by atoms with Crippen molar-refractivity contribution in [3.63, 3.8) is 0 Å². The number of alkyl halides is 1. The fraction of sp³-hybridized carbons (Fsp3) is 1.00. The van der Waals surface area contributed by atoms with Crippen molar-refractivity contribution in [3.05, 3.63) is 0 Å². The van der Waals surface area contributed by atoms with Crippen molar-refractivity contribution >= 4 is 18.7 Å². The Balaban J connectivity index is 1.86. The lowest BCUT2D eigenvalue weighted by Crippen LogP contribution is -2.41. The highest BCUT2D eigenvalue weighted by Gasteiger charge is 2.59. The lowest BCUT2D eigenvalue weighted by atomic mass is 9.80. The molecule has 92 valence electrons. The summed E-state index contributed by atoms with van der Waals surface area (Å²) in [6, 6.07) is 0. The van der Waals surface area contributed by atoms with Gasteiger partial charge in [0.25, 0.3) is 0 Å². The van der Waals surface area contributed by atoms with E-state index in [1.807, 2.05) is 0 Å². The van der Waals surface area contributed by atoms with Crippen molar-refractivity contribution in [1.29, 1.82) is 0 Å².